The lowest BCUT2D eigenvalue weighted by atomic mass is 10.1. The fraction of sp³-hybridized carbons (Fsp3) is 0.273. The fourth-order valence-corrected chi connectivity index (χ4v) is 1.46. The van der Waals surface area contributed by atoms with Crippen molar-refractivity contribution in [3.8, 4) is 0 Å². The van der Waals surface area contributed by atoms with Crippen LogP contribution in [-0.4, -0.2) is 23.0 Å². The van der Waals surface area contributed by atoms with Crippen LogP contribution in [0.2, 0.25) is 0 Å². The molecule has 0 heterocycles. The Hall–Kier alpha value is -1.11. The Labute approximate surface area is 107 Å². The van der Waals surface area contributed by atoms with Crippen molar-refractivity contribution in [1.82, 2.24) is 5.32 Å². The van der Waals surface area contributed by atoms with Crippen molar-refractivity contribution in [1.29, 1.82) is 0 Å². The van der Waals surface area contributed by atoms with Crippen LogP contribution in [0.3, 0.4) is 0 Å². The van der Waals surface area contributed by atoms with E-state index in [2.05, 4.69) is 27.9 Å². The van der Waals surface area contributed by atoms with E-state index >= 15 is 0 Å². The maximum Gasteiger partial charge on any atom is 0.325 e. The fourth-order valence-electron chi connectivity index (χ4n) is 1.13. The van der Waals surface area contributed by atoms with Gasteiger partial charge >= 0.3 is 5.97 Å². The molecule has 0 bridgehead atoms. The molecular formula is C11H12INO3. The number of rotatable bonds is 3. The molecule has 0 saturated heterocycles. The van der Waals surface area contributed by atoms with Gasteiger partial charge in [0.15, 0.2) is 0 Å². The largest absolute Gasteiger partial charge is 0.480 e. The van der Waals surface area contributed by atoms with Crippen molar-refractivity contribution in [2.24, 2.45) is 0 Å². The zero-order valence-electron chi connectivity index (χ0n) is 8.95. The van der Waals surface area contributed by atoms with Crippen LogP contribution < -0.4 is 5.32 Å². The number of halogens is 1. The number of carboxylic acids is 1. The highest BCUT2D eigenvalue weighted by Gasteiger charge is 2.15. The predicted octanol–water partition coefficient (Wildman–Crippen LogP) is 1.80. The molecular weight excluding hydrogens is 321 g/mol. The molecule has 5 heteroatoms. The van der Waals surface area contributed by atoms with Gasteiger partial charge in [-0.15, -0.1) is 0 Å². The number of amides is 1. The van der Waals surface area contributed by atoms with E-state index in [1.807, 2.05) is 13.0 Å². The maximum absolute atomic E-state index is 11.6. The summed E-state index contributed by atoms with van der Waals surface area (Å²) in [7, 11) is 0. The summed E-state index contributed by atoms with van der Waals surface area (Å²) in [5.74, 6) is -1.41. The van der Waals surface area contributed by atoms with Crippen LogP contribution in [0, 0.1) is 10.5 Å². The molecule has 1 amide bonds. The van der Waals surface area contributed by atoms with E-state index in [1.165, 1.54) is 6.92 Å². The van der Waals surface area contributed by atoms with Crippen LogP contribution in [-0.2, 0) is 4.79 Å². The van der Waals surface area contributed by atoms with E-state index in [4.69, 9.17) is 5.11 Å². The van der Waals surface area contributed by atoms with Crippen LogP contribution in [0.1, 0.15) is 22.8 Å². The molecule has 16 heavy (non-hydrogen) atoms. The molecule has 0 aliphatic heterocycles. The second-order valence-corrected chi connectivity index (χ2v) is 4.66. The summed E-state index contributed by atoms with van der Waals surface area (Å²) >= 11 is 2.17. The topological polar surface area (TPSA) is 66.4 Å². The number of hydrogen-bond donors (Lipinski definition) is 2. The van der Waals surface area contributed by atoms with Gasteiger partial charge in [-0.1, -0.05) is 0 Å². The van der Waals surface area contributed by atoms with Gasteiger partial charge in [0.2, 0.25) is 0 Å². The van der Waals surface area contributed by atoms with Crippen LogP contribution in [0.5, 0.6) is 0 Å². The van der Waals surface area contributed by atoms with E-state index in [-0.39, 0.29) is 5.91 Å². The Morgan fingerprint density at radius 1 is 1.44 bits per heavy atom. The number of aliphatic carboxylic acids is 1. The minimum absolute atomic E-state index is 0.366. The first-order chi connectivity index (χ1) is 7.41. The number of carbonyl (C=O) groups excluding carboxylic acids is 1. The summed E-state index contributed by atoms with van der Waals surface area (Å²) in [6.07, 6.45) is 0. The Kier molecular flexibility index (Phi) is 4.28. The van der Waals surface area contributed by atoms with E-state index in [1.54, 1.807) is 12.1 Å². The Bertz CT molecular complexity index is 431. The molecule has 2 N–H and O–H groups in total. The lowest BCUT2D eigenvalue weighted by molar-refractivity contribution is -0.138. The van der Waals surface area contributed by atoms with E-state index in [0.29, 0.717) is 5.56 Å². The smallest absolute Gasteiger partial charge is 0.325 e. The van der Waals surface area contributed by atoms with Gasteiger partial charge in [-0.05, 0) is 60.2 Å². The second kappa shape index (κ2) is 5.29. The van der Waals surface area contributed by atoms with E-state index in [0.717, 1.165) is 9.13 Å². The Morgan fingerprint density at radius 3 is 2.56 bits per heavy atom. The molecule has 1 aromatic rings. The van der Waals surface area contributed by atoms with Gasteiger partial charge in [-0.3, -0.25) is 9.59 Å². The number of carbonyl (C=O) groups is 2. The summed E-state index contributed by atoms with van der Waals surface area (Å²) in [4.78, 5) is 22.2. The van der Waals surface area contributed by atoms with Crippen LogP contribution >= 0.6 is 22.6 Å². The lowest BCUT2D eigenvalue weighted by Crippen LogP contribution is -2.38. The van der Waals surface area contributed by atoms with Crippen molar-refractivity contribution < 1.29 is 14.7 Å². The van der Waals surface area contributed by atoms with Crippen molar-refractivity contribution in [3.63, 3.8) is 0 Å². The maximum atomic E-state index is 11.6. The molecule has 1 aromatic carbocycles. The average molecular weight is 333 g/mol. The molecule has 1 rings (SSSR count). The minimum Gasteiger partial charge on any atom is -0.480 e. The van der Waals surface area contributed by atoms with E-state index in [9.17, 15) is 9.59 Å². The molecule has 0 aromatic heterocycles. The Morgan fingerprint density at radius 2 is 2.06 bits per heavy atom. The third kappa shape index (κ3) is 3.19. The molecule has 0 saturated carbocycles. The first-order valence-electron chi connectivity index (χ1n) is 4.71. The monoisotopic (exact) mass is 333 g/mol. The summed E-state index contributed by atoms with van der Waals surface area (Å²) in [5, 5.41) is 11.1. The van der Waals surface area contributed by atoms with Gasteiger partial charge in [-0.25, -0.2) is 0 Å². The Balaban J connectivity index is 2.81. The van der Waals surface area contributed by atoms with Crippen molar-refractivity contribution in [2.45, 2.75) is 19.9 Å². The summed E-state index contributed by atoms with van der Waals surface area (Å²) in [6, 6.07) is 4.37. The number of benzene rings is 1. The number of carboxylic acid groups (broad SMARTS) is 1. The standard InChI is InChI=1S/C11H12INO3/c1-6-5-8(3-4-9(6)12)10(14)13-7(2)11(15)16/h3-5,7H,1-2H3,(H,13,14)(H,15,16)/t7-/m0/s1. The molecule has 4 nitrogen and oxygen atoms in total. The van der Waals surface area contributed by atoms with Crippen molar-refractivity contribution >= 4 is 34.5 Å². The molecule has 86 valence electrons. The highest BCUT2D eigenvalue weighted by atomic mass is 127. The van der Waals surface area contributed by atoms with Crippen LogP contribution in [0.25, 0.3) is 0 Å². The molecule has 1 atom stereocenters. The van der Waals surface area contributed by atoms with Crippen molar-refractivity contribution in [2.75, 3.05) is 0 Å². The lowest BCUT2D eigenvalue weighted by Gasteiger charge is -2.09. The summed E-state index contributed by atoms with van der Waals surface area (Å²) < 4.78 is 1.07. The van der Waals surface area contributed by atoms with Gasteiger partial charge < -0.3 is 10.4 Å². The molecule has 0 spiro atoms. The molecule has 0 radical (unpaired) electrons. The first-order valence-corrected chi connectivity index (χ1v) is 5.79. The predicted molar refractivity (Wildman–Crippen MR) is 68.5 cm³/mol. The first kappa shape index (κ1) is 13.0. The highest BCUT2D eigenvalue weighted by molar-refractivity contribution is 14.1. The minimum atomic E-state index is -1.05. The quantitative estimate of drug-likeness (QED) is 0.829. The highest BCUT2D eigenvalue weighted by Crippen LogP contribution is 2.13. The van der Waals surface area contributed by atoms with Crippen LogP contribution in [0.15, 0.2) is 18.2 Å². The molecule has 0 unspecified atom stereocenters. The summed E-state index contributed by atoms with van der Waals surface area (Å²) in [6.45, 7) is 3.33. The zero-order chi connectivity index (χ0) is 12.3. The number of nitrogens with one attached hydrogen (secondary N) is 1. The summed E-state index contributed by atoms with van der Waals surface area (Å²) in [5.41, 5.74) is 1.47. The average Bonchev–Trinajstić information content (AvgIpc) is 2.21. The zero-order valence-corrected chi connectivity index (χ0v) is 11.1. The van der Waals surface area contributed by atoms with Gasteiger partial charge in [0, 0.05) is 9.13 Å². The third-order valence-corrected chi connectivity index (χ3v) is 3.35. The number of aryl methyl sites for hydroxylation is 1. The van der Waals surface area contributed by atoms with Crippen LogP contribution in [0.4, 0.5) is 0 Å². The SMILES string of the molecule is Cc1cc(C(=O)N[C@@H](C)C(=O)O)ccc1I. The number of hydrogen-bond acceptors (Lipinski definition) is 2. The molecule has 0 aliphatic rings. The normalized spacial score (nSPS) is 11.9. The second-order valence-electron chi connectivity index (χ2n) is 3.50. The van der Waals surface area contributed by atoms with E-state index < -0.39 is 12.0 Å². The van der Waals surface area contributed by atoms with Gasteiger partial charge in [0.1, 0.15) is 6.04 Å². The third-order valence-electron chi connectivity index (χ3n) is 2.14. The van der Waals surface area contributed by atoms with Gasteiger partial charge in [-0.2, -0.15) is 0 Å². The van der Waals surface area contributed by atoms with Gasteiger partial charge in [0.25, 0.3) is 5.91 Å². The molecule has 0 fully saturated rings. The molecule has 0 aliphatic carbocycles. The van der Waals surface area contributed by atoms with Gasteiger partial charge in [0.05, 0.1) is 0 Å². The van der Waals surface area contributed by atoms with Crippen molar-refractivity contribution in [3.05, 3.63) is 32.9 Å².